The number of aromatic nitrogens is 2. The molecule has 23 heavy (non-hydrogen) atoms. The normalized spacial score (nSPS) is 11.4. The van der Waals surface area contributed by atoms with Gasteiger partial charge in [-0.05, 0) is 31.2 Å². The van der Waals surface area contributed by atoms with Crippen LogP contribution in [0.2, 0.25) is 4.34 Å². The Kier molecular flexibility index (Phi) is 3.81. The number of fused-ring (bicyclic) bond motifs is 3. The van der Waals surface area contributed by atoms with E-state index in [0.717, 1.165) is 30.3 Å². The number of thiophene rings is 1. The highest BCUT2D eigenvalue weighted by atomic mass is 35.5. The smallest absolute Gasteiger partial charge is 0.231 e. The SMILES string of the molecule is Cc1nc2c(ccc3nc(NC(=O)Cc4ccc(Cl)s4)sc32)s1. The molecule has 116 valence electrons. The van der Waals surface area contributed by atoms with Crippen molar-refractivity contribution in [3.63, 3.8) is 0 Å². The van der Waals surface area contributed by atoms with Gasteiger partial charge in [0.05, 0.1) is 30.7 Å². The zero-order valence-electron chi connectivity index (χ0n) is 11.9. The van der Waals surface area contributed by atoms with Gasteiger partial charge >= 0.3 is 0 Å². The number of aryl methyl sites for hydroxylation is 1. The number of benzene rings is 1. The van der Waals surface area contributed by atoms with Crippen LogP contribution in [0.15, 0.2) is 24.3 Å². The molecular weight excluding hydrogens is 370 g/mol. The summed E-state index contributed by atoms with van der Waals surface area (Å²) in [7, 11) is 0. The summed E-state index contributed by atoms with van der Waals surface area (Å²) in [6.45, 7) is 1.99. The molecule has 0 bridgehead atoms. The molecule has 0 unspecified atom stereocenters. The van der Waals surface area contributed by atoms with Gasteiger partial charge < -0.3 is 5.32 Å². The second kappa shape index (κ2) is 5.83. The minimum Gasteiger partial charge on any atom is -0.302 e. The summed E-state index contributed by atoms with van der Waals surface area (Å²) < 4.78 is 2.85. The topological polar surface area (TPSA) is 54.9 Å². The van der Waals surface area contributed by atoms with E-state index in [4.69, 9.17) is 11.6 Å². The number of rotatable bonds is 3. The summed E-state index contributed by atoms with van der Waals surface area (Å²) in [6, 6.07) is 7.67. The summed E-state index contributed by atoms with van der Waals surface area (Å²) in [6.07, 6.45) is 0.304. The van der Waals surface area contributed by atoms with Crippen LogP contribution in [0.25, 0.3) is 20.4 Å². The van der Waals surface area contributed by atoms with Crippen LogP contribution in [0.5, 0.6) is 0 Å². The number of thiazole rings is 2. The monoisotopic (exact) mass is 379 g/mol. The van der Waals surface area contributed by atoms with Crippen LogP contribution in [0.3, 0.4) is 0 Å². The van der Waals surface area contributed by atoms with Gasteiger partial charge in [0, 0.05) is 4.88 Å². The van der Waals surface area contributed by atoms with Gasteiger partial charge in [0.15, 0.2) is 5.13 Å². The quantitative estimate of drug-likeness (QED) is 0.538. The highest BCUT2D eigenvalue weighted by Gasteiger charge is 2.13. The predicted molar refractivity (Wildman–Crippen MR) is 99.2 cm³/mol. The lowest BCUT2D eigenvalue weighted by Crippen LogP contribution is -2.13. The average molecular weight is 380 g/mol. The molecule has 3 heterocycles. The van der Waals surface area contributed by atoms with Gasteiger partial charge in [-0.3, -0.25) is 4.79 Å². The Balaban J connectivity index is 1.61. The number of amides is 1. The number of nitrogens with zero attached hydrogens (tertiary/aromatic N) is 2. The van der Waals surface area contributed by atoms with Gasteiger partial charge in [0.25, 0.3) is 0 Å². The maximum Gasteiger partial charge on any atom is 0.231 e. The van der Waals surface area contributed by atoms with E-state index >= 15 is 0 Å². The maximum absolute atomic E-state index is 12.1. The van der Waals surface area contributed by atoms with E-state index in [1.165, 1.54) is 22.7 Å². The van der Waals surface area contributed by atoms with Gasteiger partial charge in [-0.15, -0.1) is 22.7 Å². The Morgan fingerprint density at radius 3 is 2.83 bits per heavy atom. The zero-order valence-corrected chi connectivity index (χ0v) is 15.1. The minimum absolute atomic E-state index is 0.0896. The Bertz CT molecular complexity index is 1030. The minimum atomic E-state index is -0.0896. The average Bonchev–Trinajstić information content (AvgIpc) is 3.16. The molecule has 0 aliphatic heterocycles. The van der Waals surface area contributed by atoms with E-state index in [1.54, 1.807) is 17.4 Å². The second-order valence-electron chi connectivity index (χ2n) is 4.94. The summed E-state index contributed by atoms with van der Waals surface area (Å²) >= 11 is 10.4. The summed E-state index contributed by atoms with van der Waals surface area (Å²) in [5, 5.41) is 4.50. The maximum atomic E-state index is 12.1. The Labute approximate surface area is 148 Å². The number of hydrogen-bond donors (Lipinski definition) is 1. The van der Waals surface area contributed by atoms with Crippen molar-refractivity contribution in [3.05, 3.63) is 38.5 Å². The van der Waals surface area contributed by atoms with Gasteiger partial charge in [0.2, 0.25) is 5.91 Å². The molecule has 4 rings (SSSR count). The number of carbonyl (C=O) groups excluding carboxylic acids is 1. The van der Waals surface area contributed by atoms with Crippen LogP contribution in [0, 0.1) is 6.92 Å². The third kappa shape index (κ3) is 2.97. The van der Waals surface area contributed by atoms with E-state index in [9.17, 15) is 4.79 Å². The van der Waals surface area contributed by atoms with Crippen LogP contribution in [-0.4, -0.2) is 15.9 Å². The third-order valence-corrected chi connectivity index (χ3v) is 6.39. The Morgan fingerprint density at radius 2 is 2.04 bits per heavy atom. The van der Waals surface area contributed by atoms with E-state index in [-0.39, 0.29) is 5.91 Å². The largest absolute Gasteiger partial charge is 0.302 e. The molecule has 3 aromatic heterocycles. The van der Waals surface area contributed by atoms with Crippen molar-refractivity contribution in [3.8, 4) is 0 Å². The van der Waals surface area contributed by atoms with Crippen LogP contribution in [0.1, 0.15) is 9.88 Å². The summed E-state index contributed by atoms with van der Waals surface area (Å²) in [4.78, 5) is 22.1. The molecule has 1 aromatic carbocycles. The van der Waals surface area contributed by atoms with Gasteiger partial charge in [-0.1, -0.05) is 22.9 Å². The fraction of sp³-hybridized carbons (Fsp3) is 0.133. The van der Waals surface area contributed by atoms with Crippen LogP contribution < -0.4 is 5.32 Å². The fourth-order valence-corrected chi connectivity index (χ4v) is 5.27. The first-order valence-corrected chi connectivity index (χ1v) is 9.62. The molecule has 0 fully saturated rings. The lowest BCUT2D eigenvalue weighted by atomic mass is 10.3. The highest BCUT2D eigenvalue weighted by molar-refractivity contribution is 7.24. The molecule has 0 aliphatic carbocycles. The van der Waals surface area contributed by atoms with E-state index < -0.39 is 0 Å². The first-order chi connectivity index (χ1) is 11.1. The van der Waals surface area contributed by atoms with Crippen molar-refractivity contribution in [2.75, 3.05) is 5.32 Å². The van der Waals surface area contributed by atoms with E-state index in [0.29, 0.717) is 15.9 Å². The number of nitrogens with one attached hydrogen (secondary N) is 1. The molecule has 0 aliphatic rings. The molecule has 4 aromatic rings. The summed E-state index contributed by atoms with van der Waals surface area (Å²) in [5.41, 5.74) is 1.83. The molecule has 4 nitrogen and oxygen atoms in total. The highest BCUT2D eigenvalue weighted by Crippen LogP contribution is 2.34. The predicted octanol–water partition coefficient (Wildman–Crippen LogP) is 5.11. The number of carbonyl (C=O) groups is 1. The lowest BCUT2D eigenvalue weighted by Gasteiger charge is -1.98. The van der Waals surface area contributed by atoms with E-state index in [1.807, 2.05) is 25.1 Å². The molecule has 0 atom stereocenters. The molecule has 1 amide bonds. The fourth-order valence-electron chi connectivity index (χ4n) is 2.31. The van der Waals surface area contributed by atoms with Crippen molar-refractivity contribution < 1.29 is 4.79 Å². The number of halogens is 1. The van der Waals surface area contributed by atoms with Crippen molar-refractivity contribution in [1.29, 1.82) is 0 Å². The van der Waals surface area contributed by atoms with Crippen molar-refractivity contribution in [2.45, 2.75) is 13.3 Å². The summed E-state index contributed by atoms with van der Waals surface area (Å²) in [5.74, 6) is -0.0896. The van der Waals surface area contributed by atoms with Crippen LogP contribution in [-0.2, 0) is 11.2 Å². The molecule has 1 N–H and O–H groups in total. The first kappa shape index (κ1) is 15.0. The Hall–Kier alpha value is -1.54. The van der Waals surface area contributed by atoms with Crippen molar-refractivity contribution in [2.24, 2.45) is 0 Å². The lowest BCUT2D eigenvalue weighted by molar-refractivity contribution is -0.115. The van der Waals surface area contributed by atoms with Crippen LogP contribution in [0.4, 0.5) is 5.13 Å². The Morgan fingerprint density at radius 1 is 1.17 bits per heavy atom. The standard InChI is InChI=1S/C15H10ClN3OS3/c1-7-17-13-10(21-7)4-3-9-14(13)23-15(18-9)19-12(20)6-8-2-5-11(16)22-8/h2-5H,6H2,1H3,(H,18,19,20). The molecule has 0 radical (unpaired) electrons. The first-order valence-electron chi connectivity index (χ1n) is 6.79. The molecule has 8 heteroatoms. The molecule has 0 saturated carbocycles. The molecule has 0 saturated heterocycles. The third-order valence-electron chi connectivity index (χ3n) is 3.23. The van der Waals surface area contributed by atoms with Crippen molar-refractivity contribution >= 4 is 77.1 Å². The molecule has 0 spiro atoms. The van der Waals surface area contributed by atoms with E-state index in [2.05, 4.69) is 15.3 Å². The van der Waals surface area contributed by atoms with Crippen LogP contribution >= 0.6 is 45.6 Å². The van der Waals surface area contributed by atoms with Gasteiger partial charge in [-0.25, -0.2) is 9.97 Å². The number of anilines is 1. The van der Waals surface area contributed by atoms with Crippen molar-refractivity contribution in [1.82, 2.24) is 9.97 Å². The molecular formula is C15H10ClN3OS3. The van der Waals surface area contributed by atoms with Gasteiger partial charge in [-0.2, -0.15) is 0 Å². The zero-order chi connectivity index (χ0) is 16.0. The second-order valence-corrected chi connectivity index (χ2v) is 8.98. The number of hydrogen-bond acceptors (Lipinski definition) is 6. The van der Waals surface area contributed by atoms with Gasteiger partial charge in [0.1, 0.15) is 5.52 Å².